The number of carbonyl (C=O) groups excluding carboxylic acids is 1. The van der Waals surface area contributed by atoms with Gasteiger partial charge in [-0.2, -0.15) is 0 Å². The third kappa shape index (κ3) is 39.1. The van der Waals surface area contributed by atoms with Gasteiger partial charge in [0.05, 0.1) is 26.4 Å². The fraction of sp³-hybridized carbons (Fsp3) is 0.836. The Hall–Kier alpha value is -2.31. The number of esters is 1. The lowest BCUT2D eigenvalue weighted by Crippen LogP contribution is -2.61. The molecule has 7 N–H and O–H groups in total. The van der Waals surface area contributed by atoms with Gasteiger partial charge in [0.25, 0.3) is 0 Å². The predicted octanol–water partition coefficient (Wildman–Crippen LogP) is 13.2. The predicted molar refractivity (Wildman–Crippen MR) is 326 cm³/mol. The van der Waals surface area contributed by atoms with E-state index in [1.54, 1.807) is 0 Å². The molecule has 0 aromatic rings. The molecule has 2 saturated heterocycles. The Kier molecular flexibility index (Phi) is 49.1. The van der Waals surface area contributed by atoms with Crippen molar-refractivity contribution >= 4 is 5.97 Å². The van der Waals surface area contributed by atoms with Crippen molar-refractivity contribution in [2.45, 2.75) is 325 Å². The lowest BCUT2D eigenvalue weighted by Gasteiger charge is -2.42. The second-order valence-electron chi connectivity index (χ2n) is 22.9. The van der Waals surface area contributed by atoms with E-state index in [4.69, 9.17) is 28.4 Å². The first-order valence-electron chi connectivity index (χ1n) is 32.9. The van der Waals surface area contributed by atoms with E-state index in [0.717, 1.165) is 70.6 Å². The Balaban J connectivity index is 1.66. The molecule has 2 rings (SSSR count). The van der Waals surface area contributed by atoms with Crippen molar-refractivity contribution in [1.82, 2.24) is 0 Å². The number of ether oxygens (including phenoxy) is 6. The number of allylic oxidation sites excluding steroid dienone is 10. The molecule has 2 aliphatic rings. The third-order valence-corrected chi connectivity index (χ3v) is 15.5. The zero-order valence-electron chi connectivity index (χ0n) is 51.0. The van der Waals surface area contributed by atoms with Crippen LogP contribution < -0.4 is 0 Å². The quantitative estimate of drug-likeness (QED) is 0.0172. The Bertz CT molecular complexity index is 1570. The van der Waals surface area contributed by atoms with Gasteiger partial charge in [-0.3, -0.25) is 4.79 Å². The second kappa shape index (κ2) is 53.2. The molecule has 0 aromatic carbocycles. The second-order valence-corrected chi connectivity index (χ2v) is 22.9. The van der Waals surface area contributed by atoms with Crippen LogP contribution >= 0.6 is 0 Å². The number of carbonyl (C=O) groups is 1. The van der Waals surface area contributed by atoms with Gasteiger partial charge < -0.3 is 64.2 Å². The minimum absolute atomic E-state index is 0.0600. The summed E-state index contributed by atoms with van der Waals surface area (Å²) in [6, 6.07) is 0. The largest absolute Gasteiger partial charge is 0.457 e. The van der Waals surface area contributed by atoms with Crippen LogP contribution in [0.1, 0.15) is 258 Å². The Morgan fingerprint density at radius 3 is 1.27 bits per heavy atom. The van der Waals surface area contributed by atoms with Gasteiger partial charge in [-0.15, -0.1) is 0 Å². The van der Waals surface area contributed by atoms with E-state index in [1.165, 1.54) is 161 Å². The maximum Gasteiger partial charge on any atom is 0.306 e. The van der Waals surface area contributed by atoms with Gasteiger partial charge >= 0.3 is 5.97 Å². The van der Waals surface area contributed by atoms with Crippen molar-refractivity contribution in [3.63, 3.8) is 0 Å². The molecule has 11 unspecified atom stereocenters. The van der Waals surface area contributed by atoms with Crippen LogP contribution in [0.15, 0.2) is 60.8 Å². The van der Waals surface area contributed by atoms with Crippen molar-refractivity contribution in [3.8, 4) is 0 Å². The lowest BCUT2D eigenvalue weighted by molar-refractivity contribution is -0.332. The van der Waals surface area contributed by atoms with E-state index in [-0.39, 0.29) is 25.6 Å². The number of rotatable bonds is 54. The fourth-order valence-corrected chi connectivity index (χ4v) is 10.3. The van der Waals surface area contributed by atoms with Crippen molar-refractivity contribution < 1.29 is 69.0 Å². The van der Waals surface area contributed by atoms with Gasteiger partial charge in [-0.1, -0.05) is 235 Å². The molecule has 11 atom stereocenters. The molecule has 14 heteroatoms. The van der Waals surface area contributed by atoms with Gasteiger partial charge in [-0.05, 0) is 77.0 Å². The van der Waals surface area contributed by atoms with Crippen LogP contribution in [0.2, 0.25) is 0 Å². The monoisotopic (exact) mass is 1150 g/mol. The zero-order valence-corrected chi connectivity index (χ0v) is 51.0. The number of aliphatic hydroxyl groups is 7. The normalized spacial score (nSPS) is 24.1. The summed E-state index contributed by atoms with van der Waals surface area (Å²) < 4.78 is 34.5. The Morgan fingerprint density at radius 2 is 0.802 bits per heavy atom. The highest BCUT2D eigenvalue weighted by molar-refractivity contribution is 5.69. The number of aliphatic hydroxyl groups excluding tert-OH is 7. The number of hydrogen-bond donors (Lipinski definition) is 7. The van der Waals surface area contributed by atoms with Gasteiger partial charge in [0.2, 0.25) is 0 Å². The number of unbranched alkanes of at least 4 members (excludes halogenated alkanes) is 30. The lowest BCUT2D eigenvalue weighted by atomic mass is 9.98. The molecule has 0 radical (unpaired) electrons. The standard InChI is InChI=1S/C67H120O14/c1-3-5-7-9-11-13-15-17-19-21-23-25-27-28-29-30-32-34-36-38-40-42-44-46-48-50-59(69)79-56(53-76-51-49-47-45-43-41-39-37-35-33-31-26-24-22-20-18-16-14-12-10-8-6-4-2)54-77-66-65(75)63(73)61(71)58(81-66)55-78-67-64(74)62(72)60(70)57(52-68)80-67/h5,7,11,13,17,19,22-25,56-58,60-68,70-75H,3-4,6,8-10,12,14-16,18,20-21,26-55H2,1-2H3/b7-5-,13-11-,19-17-,24-22-,25-23-. The summed E-state index contributed by atoms with van der Waals surface area (Å²) >= 11 is 0. The minimum atomic E-state index is -1.71. The molecule has 2 aliphatic heterocycles. The van der Waals surface area contributed by atoms with E-state index < -0.39 is 80.7 Å². The Morgan fingerprint density at radius 1 is 0.420 bits per heavy atom. The summed E-state index contributed by atoms with van der Waals surface area (Å²) in [5, 5.41) is 72.5. The first kappa shape index (κ1) is 74.8. The summed E-state index contributed by atoms with van der Waals surface area (Å²) in [7, 11) is 0. The highest BCUT2D eigenvalue weighted by Crippen LogP contribution is 2.27. The summed E-state index contributed by atoms with van der Waals surface area (Å²) in [6.45, 7) is 3.61. The molecule has 81 heavy (non-hydrogen) atoms. The van der Waals surface area contributed by atoms with Crippen LogP contribution in [0.3, 0.4) is 0 Å². The highest BCUT2D eigenvalue weighted by atomic mass is 16.7. The van der Waals surface area contributed by atoms with Crippen LogP contribution in [-0.4, -0.2) is 142 Å². The summed E-state index contributed by atoms with van der Waals surface area (Å²) in [5.41, 5.74) is 0. The van der Waals surface area contributed by atoms with Crippen molar-refractivity contribution in [2.24, 2.45) is 0 Å². The molecule has 0 aromatic heterocycles. The van der Waals surface area contributed by atoms with Gasteiger partial charge in [-0.25, -0.2) is 0 Å². The topological polar surface area (TPSA) is 214 Å². The first-order chi connectivity index (χ1) is 39.6. The van der Waals surface area contributed by atoms with Crippen LogP contribution in [0.4, 0.5) is 0 Å². The molecule has 0 bridgehead atoms. The van der Waals surface area contributed by atoms with Crippen LogP contribution in [0.5, 0.6) is 0 Å². The van der Waals surface area contributed by atoms with E-state index in [2.05, 4.69) is 74.6 Å². The molecule has 0 saturated carbocycles. The molecule has 472 valence electrons. The molecular formula is C67H120O14. The van der Waals surface area contributed by atoms with Gasteiger partial charge in [0.15, 0.2) is 12.6 Å². The summed E-state index contributed by atoms with van der Waals surface area (Å²) in [4.78, 5) is 13.1. The van der Waals surface area contributed by atoms with Gasteiger partial charge in [0.1, 0.15) is 54.9 Å². The van der Waals surface area contributed by atoms with Crippen molar-refractivity contribution in [3.05, 3.63) is 60.8 Å². The van der Waals surface area contributed by atoms with E-state index in [1.807, 2.05) is 0 Å². The van der Waals surface area contributed by atoms with E-state index in [9.17, 15) is 40.5 Å². The zero-order chi connectivity index (χ0) is 58.6. The first-order valence-corrected chi connectivity index (χ1v) is 32.9. The smallest absolute Gasteiger partial charge is 0.306 e. The maximum absolute atomic E-state index is 13.1. The van der Waals surface area contributed by atoms with Crippen LogP contribution in [-0.2, 0) is 33.2 Å². The SMILES string of the molecule is CC/C=C\C/C=C\C/C=C\C/C=C\CCCCCCCCCCCCCCC(=O)OC(COCCCCCCCCCCCC/C=C\CCCCCCCCCC)COC1OC(COC2OC(CO)C(O)C(O)C2O)C(O)C(O)C1O. The van der Waals surface area contributed by atoms with E-state index in [0.29, 0.717) is 13.0 Å². The molecular weight excluding hydrogens is 1030 g/mol. The average molecular weight is 1150 g/mol. The van der Waals surface area contributed by atoms with Gasteiger partial charge in [0, 0.05) is 13.0 Å². The Labute approximate surface area is 492 Å². The molecule has 0 amide bonds. The fourth-order valence-electron chi connectivity index (χ4n) is 10.3. The molecule has 14 nitrogen and oxygen atoms in total. The van der Waals surface area contributed by atoms with Crippen LogP contribution in [0, 0.1) is 0 Å². The third-order valence-electron chi connectivity index (χ3n) is 15.5. The van der Waals surface area contributed by atoms with Crippen LogP contribution in [0.25, 0.3) is 0 Å². The maximum atomic E-state index is 13.1. The summed E-state index contributed by atoms with van der Waals surface area (Å²) in [5.74, 6) is -0.377. The number of hydrogen-bond acceptors (Lipinski definition) is 14. The summed E-state index contributed by atoms with van der Waals surface area (Å²) in [6.07, 6.45) is 51.4. The molecule has 0 aliphatic carbocycles. The minimum Gasteiger partial charge on any atom is -0.457 e. The molecule has 0 spiro atoms. The average Bonchev–Trinajstić information content (AvgIpc) is 3.46. The highest BCUT2D eigenvalue weighted by Gasteiger charge is 2.47. The van der Waals surface area contributed by atoms with E-state index >= 15 is 0 Å². The molecule has 2 fully saturated rings. The molecule has 2 heterocycles. The van der Waals surface area contributed by atoms with Crippen molar-refractivity contribution in [1.29, 1.82) is 0 Å². The van der Waals surface area contributed by atoms with Crippen molar-refractivity contribution in [2.75, 3.05) is 33.0 Å².